The molecule has 0 aliphatic carbocycles. The van der Waals surface area contributed by atoms with E-state index in [1.165, 1.54) is 25.7 Å². The number of hydrogen-bond donors (Lipinski definition) is 0. The smallest absolute Gasteiger partial charge is 0.165 e. The van der Waals surface area contributed by atoms with Crippen LogP contribution in [-0.2, 0) is 16.1 Å². The van der Waals surface area contributed by atoms with Crippen LogP contribution in [0.4, 0.5) is 4.39 Å². The average molecular weight is 565 g/mol. The highest BCUT2D eigenvalue weighted by Gasteiger charge is 2.29. The number of rotatable bonds is 15. The summed E-state index contributed by atoms with van der Waals surface area (Å²) >= 11 is 0. The van der Waals surface area contributed by atoms with Gasteiger partial charge in [0.25, 0.3) is 0 Å². The van der Waals surface area contributed by atoms with Crippen molar-refractivity contribution in [1.82, 2.24) is 0 Å². The molecule has 1 heterocycles. The fourth-order valence-electron chi connectivity index (χ4n) is 4.81. The van der Waals surface area contributed by atoms with Crippen LogP contribution in [0.2, 0.25) is 0 Å². The molecule has 0 amide bonds. The highest BCUT2D eigenvalue weighted by molar-refractivity contribution is 5.71. The van der Waals surface area contributed by atoms with Gasteiger partial charge < -0.3 is 23.7 Å². The van der Waals surface area contributed by atoms with Gasteiger partial charge in [-0.2, -0.15) is 0 Å². The second kappa shape index (κ2) is 15.2. The molecular formula is C35H45FO5. The summed E-state index contributed by atoms with van der Waals surface area (Å²) in [6.07, 6.45) is 7.00. The van der Waals surface area contributed by atoms with Crippen molar-refractivity contribution in [3.63, 3.8) is 0 Å². The van der Waals surface area contributed by atoms with E-state index < -0.39 is 5.79 Å². The molecule has 0 bridgehead atoms. The summed E-state index contributed by atoms with van der Waals surface area (Å²) in [7, 11) is 0. The molecule has 6 heteroatoms. The van der Waals surface area contributed by atoms with E-state index in [4.69, 9.17) is 23.7 Å². The Morgan fingerprint density at radius 3 is 2.24 bits per heavy atom. The Balaban J connectivity index is 1.46. The molecule has 4 rings (SSSR count). The van der Waals surface area contributed by atoms with Crippen LogP contribution in [0, 0.1) is 18.7 Å². The zero-order valence-corrected chi connectivity index (χ0v) is 25.0. The van der Waals surface area contributed by atoms with Crippen molar-refractivity contribution in [3.05, 3.63) is 77.6 Å². The van der Waals surface area contributed by atoms with E-state index in [1.54, 1.807) is 12.1 Å². The Kier molecular flexibility index (Phi) is 11.5. The maximum atomic E-state index is 15.1. The van der Waals surface area contributed by atoms with Gasteiger partial charge >= 0.3 is 0 Å². The lowest BCUT2D eigenvalue weighted by atomic mass is 9.99. The molecule has 0 aromatic heterocycles. The van der Waals surface area contributed by atoms with Crippen LogP contribution in [0.3, 0.4) is 0 Å². The molecular weight excluding hydrogens is 519 g/mol. The molecule has 0 spiro atoms. The van der Waals surface area contributed by atoms with E-state index in [2.05, 4.69) is 6.92 Å². The topological polar surface area (TPSA) is 46.2 Å². The van der Waals surface area contributed by atoms with E-state index in [0.29, 0.717) is 50.3 Å². The molecule has 3 aromatic rings. The molecule has 41 heavy (non-hydrogen) atoms. The summed E-state index contributed by atoms with van der Waals surface area (Å²) in [6.45, 7) is 10.5. The van der Waals surface area contributed by atoms with Gasteiger partial charge in [0.05, 0.1) is 26.4 Å². The van der Waals surface area contributed by atoms with Crippen LogP contribution in [-0.4, -0.2) is 32.2 Å². The van der Waals surface area contributed by atoms with Gasteiger partial charge in [-0.15, -0.1) is 0 Å². The number of benzene rings is 3. The first-order chi connectivity index (χ1) is 19.8. The number of unbranched alkanes of at least 4 members (excludes halogenated alkanes) is 5. The van der Waals surface area contributed by atoms with Crippen LogP contribution < -0.4 is 14.2 Å². The second-order valence-electron chi connectivity index (χ2n) is 11.3. The van der Waals surface area contributed by atoms with E-state index in [-0.39, 0.29) is 11.7 Å². The molecule has 1 fully saturated rings. The lowest BCUT2D eigenvalue weighted by Crippen LogP contribution is -2.41. The average Bonchev–Trinajstić information content (AvgIpc) is 2.97. The second-order valence-corrected chi connectivity index (χ2v) is 11.3. The molecule has 5 nitrogen and oxygen atoms in total. The van der Waals surface area contributed by atoms with Crippen molar-refractivity contribution in [2.45, 2.75) is 78.6 Å². The summed E-state index contributed by atoms with van der Waals surface area (Å²) in [4.78, 5) is 0. The lowest BCUT2D eigenvalue weighted by molar-refractivity contribution is -0.264. The third-order valence-corrected chi connectivity index (χ3v) is 7.33. The minimum absolute atomic E-state index is 0.114. The predicted molar refractivity (Wildman–Crippen MR) is 161 cm³/mol. The first-order valence-electron chi connectivity index (χ1n) is 15.0. The molecule has 0 N–H and O–H groups in total. The number of halogens is 1. The molecule has 0 unspecified atom stereocenters. The maximum Gasteiger partial charge on any atom is 0.165 e. The van der Waals surface area contributed by atoms with Gasteiger partial charge in [-0.05, 0) is 73.7 Å². The van der Waals surface area contributed by atoms with Crippen molar-refractivity contribution in [3.8, 4) is 28.4 Å². The van der Waals surface area contributed by atoms with Crippen molar-refractivity contribution in [1.29, 1.82) is 0 Å². The van der Waals surface area contributed by atoms with Gasteiger partial charge in [-0.3, -0.25) is 0 Å². The summed E-state index contributed by atoms with van der Waals surface area (Å²) in [5.41, 5.74) is 3.66. The zero-order chi connectivity index (χ0) is 29.1. The SMILES string of the molecule is CCCCCCCCOc1ccc(-c2cc(OCc3ccccc3)c(OCC3COC(C)(C)OC3)cc2C)cc1F. The Morgan fingerprint density at radius 1 is 0.805 bits per heavy atom. The van der Waals surface area contributed by atoms with E-state index in [0.717, 1.165) is 35.1 Å². The number of hydrogen-bond acceptors (Lipinski definition) is 5. The molecule has 0 radical (unpaired) electrons. The summed E-state index contributed by atoms with van der Waals surface area (Å²) in [5.74, 6) is 0.731. The van der Waals surface area contributed by atoms with Crippen molar-refractivity contribution in [2.75, 3.05) is 26.4 Å². The fraction of sp³-hybridized carbons (Fsp3) is 0.486. The molecule has 222 valence electrons. The van der Waals surface area contributed by atoms with Crippen LogP contribution in [0.25, 0.3) is 11.1 Å². The van der Waals surface area contributed by atoms with Crippen LogP contribution >= 0.6 is 0 Å². The normalized spacial score (nSPS) is 15.0. The Hall–Kier alpha value is -3.09. The van der Waals surface area contributed by atoms with Crippen LogP contribution in [0.15, 0.2) is 60.7 Å². The number of aryl methyl sites for hydroxylation is 1. The fourth-order valence-corrected chi connectivity index (χ4v) is 4.81. The van der Waals surface area contributed by atoms with E-state index in [1.807, 2.05) is 69.3 Å². The summed E-state index contributed by atoms with van der Waals surface area (Å²) < 4.78 is 44.9. The highest BCUT2D eigenvalue weighted by Crippen LogP contribution is 2.38. The van der Waals surface area contributed by atoms with Crippen molar-refractivity contribution < 1.29 is 28.1 Å². The largest absolute Gasteiger partial charge is 0.491 e. The van der Waals surface area contributed by atoms with Crippen LogP contribution in [0.5, 0.6) is 17.2 Å². The predicted octanol–water partition coefficient (Wildman–Crippen LogP) is 8.90. The maximum absolute atomic E-state index is 15.1. The minimum atomic E-state index is -0.567. The Labute approximate surface area is 244 Å². The molecule has 1 saturated heterocycles. The molecule has 0 saturated carbocycles. The van der Waals surface area contributed by atoms with Gasteiger partial charge in [-0.1, -0.05) is 75.4 Å². The van der Waals surface area contributed by atoms with Crippen molar-refractivity contribution in [2.24, 2.45) is 5.92 Å². The first kappa shape index (κ1) is 30.9. The van der Waals surface area contributed by atoms with Gasteiger partial charge in [0.2, 0.25) is 0 Å². The molecule has 0 atom stereocenters. The third-order valence-electron chi connectivity index (χ3n) is 7.33. The van der Waals surface area contributed by atoms with Gasteiger partial charge in [-0.25, -0.2) is 4.39 Å². The molecule has 3 aromatic carbocycles. The highest BCUT2D eigenvalue weighted by atomic mass is 19.1. The molecule has 1 aliphatic heterocycles. The monoisotopic (exact) mass is 564 g/mol. The summed E-state index contributed by atoms with van der Waals surface area (Å²) in [5, 5.41) is 0. The van der Waals surface area contributed by atoms with Gasteiger partial charge in [0, 0.05) is 5.92 Å². The number of ether oxygens (including phenoxy) is 5. The van der Waals surface area contributed by atoms with E-state index >= 15 is 4.39 Å². The van der Waals surface area contributed by atoms with Gasteiger partial charge in [0.1, 0.15) is 6.61 Å². The summed E-state index contributed by atoms with van der Waals surface area (Å²) in [6, 6.07) is 19.1. The zero-order valence-electron chi connectivity index (χ0n) is 25.0. The Morgan fingerprint density at radius 2 is 1.51 bits per heavy atom. The first-order valence-corrected chi connectivity index (χ1v) is 15.0. The van der Waals surface area contributed by atoms with Crippen LogP contribution in [0.1, 0.15) is 70.4 Å². The Bertz CT molecular complexity index is 1220. The lowest BCUT2D eigenvalue weighted by Gasteiger charge is -2.34. The van der Waals surface area contributed by atoms with Gasteiger partial charge in [0.15, 0.2) is 28.9 Å². The third kappa shape index (κ3) is 9.47. The quantitative estimate of drug-likeness (QED) is 0.173. The molecule has 1 aliphatic rings. The van der Waals surface area contributed by atoms with Crippen molar-refractivity contribution >= 4 is 0 Å². The van der Waals surface area contributed by atoms with E-state index in [9.17, 15) is 0 Å². The standard InChI is InChI=1S/C35H45FO5/c1-5-6-7-8-9-13-18-37-32-17-16-29(20-31(32)36)30-21-34(38-22-27-14-11-10-12-15-27)33(19-26(30)2)39-23-28-24-40-35(3,4)41-25-28/h10-12,14-17,19-21,28H,5-9,13,18,22-25H2,1-4H3. The minimum Gasteiger partial charge on any atom is -0.491 e.